The van der Waals surface area contributed by atoms with Crippen molar-refractivity contribution in [1.29, 1.82) is 0 Å². The minimum Gasteiger partial charge on any atom is -0.456 e. The highest BCUT2D eigenvalue weighted by atomic mass is 16.3. The van der Waals surface area contributed by atoms with Gasteiger partial charge in [0.05, 0.1) is 0 Å². The second-order valence-electron chi connectivity index (χ2n) is 12.6. The largest absolute Gasteiger partial charge is 0.456 e. The van der Waals surface area contributed by atoms with E-state index >= 15 is 0 Å². The van der Waals surface area contributed by atoms with Gasteiger partial charge in [-0.15, -0.1) is 0 Å². The lowest BCUT2D eigenvalue weighted by atomic mass is 9.81. The Balaban J connectivity index is 1.38. The van der Waals surface area contributed by atoms with Gasteiger partial charge in [-0.1, -0.05) is 100 Å². The molecule has 0 radical (unpaired) electrons. The second kappa shape index (κ2) is 6.79. The fourth-order valence-electron chi connectivity index (χ4n) is 7.77. The predicted molar refractivity (Wildman–Crippen MR) is 164 cm³/mol. The summed E-state index contributed by atoms with van der Waals surface area (Å²) in [5, 5.41) is 7.65. The minimum atomic E-state index is -0.0799. The van der Waals surface area contributed by atoms with E-state index in [-0.39, 0.29) is 10.8 Å². The molecule has 39 heavy (non-hydrogen) atoms. The van der Waals surface area contributed by atoms with Gasteiger partial charge in [-0.05, 0) is 90.3 Å². The molecule has 0 N–H and O–H groups in total. The summed E-state index contributed by atoms with van der Waals surface area (Å²) < 4.78 is 6.66. The number of hydrogen-bond acceptors (Lipinski definition) is 1. The van der Waals surface area contributed by atoms with Crippen LogP contribution < -0.4 is 0 Å². The summed E-state index contributed by atoms with van der Waals surface area (Å²) in [4.78, 5) is 0. The topological polar surface area (TPSA) is 13.1 Å². The van der Waals surface area contributed by atoms with E-state index in [9.17, 15) is 0 Å². The Labute approximate surface area is 227 Å². The molecule has 2 aliphatic carbocycles. The monoisotopic (exact) mass is 500 g/mol. The lowest BCUT2D eigenvalue weighted by Crippen LogP contribution is -2.14. The summed E-state index contributed by atoms with van der Waals surface area (Å²) in [6, 6.07) is 36.2. The number of benzene rings is 6. The van der Waals surface area contributed by atoms with Crippen LogP contribution in [0.4, 0.5) is 0 Å². The van der Waals surface area contributed by atoms with Crippen molar-refractivity contribution >= 4 is 43.5 Å². The van der Waals surface area contributed by atoms with Crippen LogP contribution in [0.2, 0.25) is 0 Å². The molecule has 9 rings (SSSR count). The Morgan fingerprint density at radius 3 is 1.33 bits per heavy atom. The predicted octanol–water partition coefficient (Wildman–Crippen LogP) is 10.5. The molecule has 0 unspecified atom stereocenters. The van der Waals surface area contributed by atoms with E-state index in [0.29, 0.717) is 0 Å². The van der Waals surface area contributed by atoms with Crippen LogP contribution in [0.15, 0.2) is 101 Å². The first-order valence-electron chi connectivity index (χ1n) is 13.9. The van der Waals surface area contributed by atoms with E-state index in [4.69, 9.17) is 4.42 Å². The summed E-state index contributed by atoms with van der Waals surface area (Å²) in [5.74, 6) is 0. The van der Waals surface area contributed by atoms with Crippen LogP contribution in [0.3, 0.4) is 0 Å². The summed E-state index contributed by atoms with van der Waals surface area (Å²) in [5.41, 5.74) is 12.7. The van der Waals surface area contributed by atoms with Crippen molar-refractivity contribution < 1.29 is 4.42 Å². The Bertz CT molecular complexity index is 2060. The molecular weight excluding hydrogens is 472 g/mol. The molecule has 2 aliphatic rings. The van der Waals surface area contributed by atoms with Gasteiger partial charge in [-0.2, -0.15) is 0 Å². The van der Waals surface area contributed by atoms with Crippen LogP contribution in [0.5, 0.6) is 0 Å². The van der Waals surface area contributed by atoms with Gasteiger partial charge in [0.25, 0.3) is 0 Å². The van der Waals surface area contributed by atoms with E-state index in [1.165, 1.54) is 76.8 Å². The highest BCUT2D eigenvalue weighted by Gasteiger charge is 2.39. The van der Waals surface area contributed by atoms with E-state index in [0.717, 1.165) is 11.2 Å². The molecule has 1 heterocycles. The first-order chi connectivity index (χ1) is 18.8. The van der Waals surface area contributed by atoms with E-state index in [1.807, 2.05) is 0 Å². The zero-order chi connectivity index (χ0) is 26.3. The average Bonchev–Trinajstić information content (AvgIpc) is 3.49. The Hall–Kier alpha value is -4.36. The molecule has 0 saturated carbocycles. The molecule has 1 nitrogen and oxygen atoms in total. The molecule has 0 bridgehead atoms. The number of hydrogen-bond donors (Lipinski definition) is 0. The van der Waals surface area contributed by atoms with Gasteiger partial charge in [0.1, 0.15) is 11.2 Å². The zero-order valence-electron chi connectivity index (χ0n) is 22.6. The molecule has 6 aromatic carbocycles. The number of furan rings is 1. The van der Waals surface area contributed by atoms with Crippen molar-refractivity contribution in [1.82, 2.24) is 0 Å². The molecule has 7 aromatic rings. The van der Waals surface area contributed by atoms with E-state index < -0.39 is 0 Å². The Morgan fingerprint density at radius 2 is 0.872 bits per heavy atom. The smallest absolute Gasteiger partial charge is 0.135 e. The fraction of sp³-hybridized carbons (Fsp3) is 0.158. The van der Waals surface area contributed by atoms with Crippen molar-refractivity contribution in [2.75, 3.05) is 0 Å². The Morgan fingerprint density at radius 1 is 0.436 bits per heavy atom. The third-order valence-electron chi connectivity index (χ3n) is 9.84. The van der Waals surface area contributed by atoms with Crippen molar-refractivity contribution in [3.05, 3.63) is 119 Å². The second-order valence-corrected chi connectivity index (χ2v) is 12.6. The van der Waals surface area contributed by atoms with Crippen LogP contribution in [0.25, 0.3) is 65.7 Å². The van der Waals surface area contributed by atoms with Gasteiger partial charge >= 0.3 is 0 Å². The highest BCUT2D eigenvalue weighted by Crippen LogP contribution is 2.55. The SMILES string of the molecule is CC1(C)c2cc3oc4cc5c(cc4c3cc2-c2c1ccc1ccccc21)-c1c(ccc2ccccc12)C5(C)C. The van der Waals surface area contributed by atoms with Crippen molar-refractivity contribution in [3.63, 3.8) is 0 Å². The maximum absolute atomic E-state index is 6.66. The molecule has 0 spiro atoms. The molecule has 0 amide bonds. The van der Waals surface area contributed by atoms with Crippen molar-refractivity contribution in [3.8, 4) is 22.3 Å². The first kappa shape index (κ1) is 21.6. The van der Waals surface area contributed by atoms with Crippen molar-refractivity contribution in [2.24, 2.45) is 0 Å². The quantitative estimate of drug-likeness (QED) is 0.202. The van der Waals surface area contributed by atoms with Gasteiger partial charge in [0, 0.05) is 21.6 Å². The molecule has 186 valence electrons. The highest BCUT2D eigenvalue weighted by molar-refractivity contribution is 6.13. The maximum atomic E-state index is 6.66. The van der Waals surface area contributed by atoms with Crippen molar-refractivity contribution in [2.45, 2.75) is 38.5 Å². The van der Waals surface area contributed by atoms with Crippen LogP contribution in [0.1, 0.15) is 49.9 Å². The third-order valence-corrected chi connectivity index (χ3v) is 9.84. The van der Waals surface area contributed by atoms with Gasteiger partial charge in [0.15, 0.2) is 0 Å². The van der Waals surface area contributed by atoms with Gasteiger partial charge in [-0.3, -0.25) is 0 Å². The molecule has 0 atom stereocenters. The minimum absolute atomic E-state index is 0.0799. The molecule has 0 aliphatic heterocycles. The van der Waals surface area contributed by atoms with Crippen LogP contribution in [0, 0.1) is 0 Å². The van der Waals surface area contributed by atoms with E-state index in [1.54, 1.807) is 0 Å². The van der Waals surface area contributed by atoms with Gasteiger partial charge in [-0.25, -0.2) is 0 Å². The average molecular weight is 501 g/mol. The first-order valence-corrected chi connectivity index (χ1v) is 13.9. The summed E-state index contributed by atoms with van der Waals surface area (Å²) in [7, 11) is 0. The van der Waals surface area contributed by atoms with Gasteiger partial charge in [0.2, 0.25) is 0 Å². The summed E-state index contributed by atoms with van der Waals surface area (Å²) in [6.07, 6.45) is 0. The van der Waals surface area contributed by atoms with E-state index in [2.05, 4.69) is 125 Å². The molecule has 0 saturated heterocycles. The maximum Gasteiger partial charge on any atom is 0.135 e. The van der Waals surface area contributed by atoms with Crippen LogP contribution in [-0.4, -0.2) is 0 Å². The molecule has 1 heteroatoms. The van der Waals surface area contributed by atoms with Gasteiger partial charge < -0.3 is 4.42 Å². The molecule has 1 aromatic heterocycles. The van der Waals surface area contributed by atoms with Crippen LogP contribution >= 0.6 is 0 Å². The molecule has 0 fully saturated rings. The third kappa shape index (κ3) is 2.52. The lowest BCUT2D eigenvalue weighted by Gasteiger charge is -2.21. The van der Waals surface area contributed by atoms with Crippen LogP contribution in [-0.2, 0) is 10.8 Å². The summed E-state index contributed by atoms with van der Waals surface area (Å²) >= 11 is 0. The lowest BCUT2D eigenvalue weighted by molar-refractivity contribution is 0.641. The fourth-order valence-corrected chi connectivity index (χ4v) is 7.77. The standard InChI is InChI=1S/C38H28O/c1-37(2)29-15-13-21-9-5-7-11-23(21)35(29)27-17-25-26-18-28-32(20-34(26)39-33(25)19-31(27)37)38(3,4)30-16-14-22-10-6-8-12-24(22)36(28)30/h5-20H,1-4H3. The number of fused-ring (bicyclic) bond motifs is 13. The summed E-state index contributed by atoms with van der Waals surface area (Å²) in [6.45, 7) is 9.39. The zero-order valence-corrected chi connectivity index (χ0v) is 22.6. The Kier molecular flexibility index (Phi) is 3.75. The normalized spacial score (nSPS) is 16.1. The number of rotatable bonds is 0. The molecular formula is C38H28O.